The highest BCUT2D eigenvalue weighted by atomic mass is 16.6. The first-order valence-corrected chi connectivity index (χ1v) is 7.07. The van der Waals surface area contributed by atoms with Crippen molar-refractivity contribution in [2.45, 2.75) is 12.8 Å². The summed E-state index contributed by atoms with van der Waals surface area (Å²) in [6.07, 6.45) is 1.47. The summed E-state index contributed by atoms with van der Waals surface area (Å²) in [7, 11) is 0. The van der Waals surface area contributed by atoms with Crippen LogP contribution in [0.4, 0.5) is 5.69 Å². The van der Waals surface area contributed by atoms with Gasteiger partial charge in [0.05, 0.1) is 16.1 Å². The number of nitrogens with two attached hydrogens (primary N) is 1. The van der Waals surface area contributed by atoms with E-state index in [9.17, 15) is 24.5 Å². The molecule has 0 spiro atoms. The first kappa shape index (κ1) is 16.6. The fourth-order valence-electron chi connectivity index (χ4n) is 2.23. The van der Waals surface area contributed by atoms with Crippen LogP contribution in [0, 0.1) is 10.1 Å². The molecule has 3 amide bonds. The molecule has 1 aromatic rings. The summed E-state index contributed by atoms with van der Waals surface area (Å²) in [6, 6.07) is 3.43. The van der Waals surface area contributed by atoms with Crippen LogP contribution in [-0.4, -0.2) is 47.2 Å². The molecule has 122 valence electrons. The van der Waals surface area contributed by atoms with Crippen molar-refractivity contribution >= 4 is 23.4 Å². The molecule has 23 heavy (non-hydrogen) atoms. The predicted molar refractivity (Wildman–Crippen MR) is 79.8 cm³/mol. The number of benzene rings is 1. The number of hydrogen-bond acceptors (Lipinski definition) is 6. The molecule has 9 heteroatoms. The van der Waals surface area contributed by atoms with Gasteiger partial charge in [0, 0.05) is 18.7 Å². The fraction of sp³-hybridized carbons (Fsp3) is 0.357. The van der Waals surface area contributed by atoms with E-state index in [0.29, 0.717) is 19.5 Å². The normalized spacial score (nSPS) is 13.2. The van der Waals surface area contributed by atoms with Crippen molar-refractivity contribution < 1.29 is 19.3 Å². The number of nitro benzene ring substituents is 1. The Labute approximate surface area is 131 Å². The van der Waals surface area contributed by atoms with E-state index in [1.165, 1.54) is 6.07 Å². The lowest BCUT2D eigenvalue weighted by Gasteiger charge is -2.13. The van der Waals surface area contributed by atoms with Crippen molar-refractivity contribution in [3.63, 3.8) is 0 Å². The minimum absolute atomic E-state index is 0.0554. The molecule has 3 N–H and O–H groups in total. The smallest absolute Gasteiger partial charge is 0.270 e. The summed E-state index contributed by atoms with van der Waals surface area (Å²) in [6.45, 7) is 0.514. The molecule has 0 bridgehead atoms. The van der Waals surface area contributed by atoms with E-state index in [1.54, 1.807) is 0 Å². The maximum Gasteiger partial charge on any atom is 0.270 e. The minimum Gasteiger partial charge on any atom is -0.355 e. The lowest BCUT2D eigenvalue weighted by atomic mass is 10.1. The molecule has 0 fully saturated rings. The number of non-ortho nitro benzene ring substituents is 1. The molecule has 1 aliphatic heterocycles. The molecule has 1 heterocycles. The van der Waals surface area contributed by atoms with E-state index in [0.717, 1.165) is 23.5 Å². The van der Waals surface area contributed by atoms with Gasteiger partial charge >= 0.3 is 0 Å². The van der Waals surface area contributed by atoms with Gasteiger partial charge in [-0.1, -0.05) is 0 Å². The molecule has 0 aliphatic carbocycles. The first-order valence-electron chi connectivity index (χ1n) is 7.07. The van der Waals surface area contributed by atoms with Crippen LogP contribution in [0.1, 0.15) is 33.6 Å². The van der Waals surface area contributed by atoms with Gasteiger partial charge in [-0.3, -0.25) is 29.4 Å². The third-order valence-electron chi connectivity index (χ3n) is 3.42. The monoisotopic (exact) mass is 320 g/mol. The summed E-state index contributed by atoms with van der Waals surface area (Å²) in [4.78, 5) is 47.0. The number of nitrogens with one attached hydrogen (secondary N) is 1. The number of nitro groups is 1. The Balaban J connectivity index is 2.05. The lowest BCUT2D eigenvalue weighted by molar-refractivity contribution is -0.384. The van der Waals surface area contributed by atoms with Crippen LogP contribution in [0.2, 0.25) is 0 Å². The van der Waals surface area contributed by atoms with E-state index in [-0.39, 0.29) is 16.8 Å². The van der Waals surface area contributed by atoms with Crippen LogP contribution in [0.3, 0.4) is 0 Å². The Bertz CT molecular complexity index is 673. The molecule has 0 radical (unpaired) electrons. The molecule has 1 aliphatic rings. The second kappa shape index (κ2) is 6.97. The first-order chi connectivity index (χ1) is 11.0. The zero-order valence-electron chi connectivity index (χ0n) is 12.3. The van der Waals surface area contributed by atoms with Crippen LogP contribution in [0.5, 0.6) is 0 Å². The average Bonchev–Trinajstić information content (AvgIpc) is 2.76. The highest BCUT2D eigenvalue weighted by Crippen LogP contribution is 2.26. The van der Waals surface area contributed by atoms with Crippen LogP contribution in [-0.2, 0) is 4.79 Å². The van der Waals surface area contributed by atoms with E-state index in [2.05, 4.69) is 5.32 Å². The highest BCUT2D eigenvalue weighted by molar-refractivity contribution is 6.22. The summed E-state index contributed by atoms with van der Waals surface area (Å²) >= 11 is 0. The topological polar surface area (TPSA) is 136 Å². The summed E-state index contributed by atoms with van der Waals surface area (Å²) < 4.78 is 0. The predicted octanol–water partition coefficient (Wildman–Crippen LogP) is 0.0459. The van der Waals surface area contributed by atoms with E-state index >= 15 is 0 Å². The maximum atomic E-state index is 12.2. The molecular formula is C14H16N4O5. The molecule has 9 nitrogen and oxygen atoms in total. The Hall–Kier alpha value is -2.81. The summed E-state index contributed by atoms with van der Waals surface area (Å²) in [5.74, 6) is -1.80. The Morgan fingerprint density at radius 2 is 1.91 bits per heavy atom. The van der Waals surface area contributed by atoms with Crippen molar-refractivity contribution in [2.24, 2.45) is 5.73 Å². The molecule has 0 unspecified atom stereocenters. The molecule has 0 aromatic heterocycles. The van der Waals surface area contributed by atoms with Gasteiger partial charge < -0.3 is 11.1 Å². The zero-order valence-corrected chi connectivity index (χ0v) is 12.3. The van der Waals surface area contributed by atoms with Crippen molar-refractivity contribution in [3.05, 3.63) is 39.4 Å². The number of imide groups is 1. The van der Waals surface area contributed by atoms with Crippen LogP contribution >= 0.6 is 0 Å². The maximum absolute atomic E-state index is 12.2. The van der Waals surface area contributed by atoms with Crippen molar-refractivity contribution in [3.8, 4) is 0 Å². The number of hydrogen-bond donors (Lipinski definition) is 2. The van der Waals surface area contributed by atoms with Gasteiger partial charge in [0.1, 0.15) is 6.54 Å². The van der Waals surface area contributed by atoms with Crippen molar-refractivity contribution in [2.75, 3.05) is 19.6 Å². The largest absolute Gasteiger partial charge is 0.355 e. The van der Waals surface area contributed by atoms with E-state index in [4.69, 9.17) is 5.73 Å². The minimum atomic E-state index is -0.703. The summed E-state index contributed by atoms with van der Waals surface area (Å²) in [5.41, 5.74) is 5.07. The van der Waals surface area contributed by atoms with Crippen LogP contribution in [0.25, 0.3) is 0 Å². The van der Waals surface area contributed by atoms with Crippen molar-refractivity contribution in [1.82, 2.24) is 10.2 Å². The van der Waals surface area contributed by atoms with Gasteiger partial charge in [0.15, 0.2) is 0 Å². The molecule has 0 atom stereocenters. The molecule has 1 aromatic carbocycles. The number of rotatable bonds is 7. The lowest BCUT2D eigenvalue weighted by Crippen LogP contribution is -2.40. The second-order valence-electron chi connectivity index (χ2n) is 5.03. The van der Waals surface area contributed by atoms with Gasteiger partial charge in [-0.2, -0.15) is 0 Å². The second-order valence-corrected chi connectivity index (χ2v) is 5.03. The number of carbonyl (C=O) groups is 3. The average molecular weight is 320 g/mol. The third-order valence-corrected chi connectivity index (χ3v) is 3.42. The van der Waals surface area contributed by atoms with Gasteiger partial charge in [-0.25, -0.2) is 0 Å². The number of nitrogens with zero attached hydrogens (tertiary/aromatic N) is 2. The van der Waals surface area contributed by atoms with E-state index < -0.39 is 29.2 Å². The number of amides is 3. The SMILES string of the molecule is NCCCCNC(=O)CN1C(=O)c2ccc([N+](=O)[O-])cc2C1=O. The molecule has 0 saturated heterocycles. The third kappa shape index (κ3) is 3.51. The molecule has 0 saturated carbocycles. The van der Waals surface area contributed by atoms with Gasteiger partial charge in [0.2, 0.25) is 5.91 Å². The van der Waals surface area contributed by atoms with Crippen LogP contribution in [0.15, 0.2) is 18.2 Å². The van der Waals surface area contributed by atoms with Gasteiger partial charge in [-0.15, -0.1) is 0 Å². The Morgan fingerprint density at radius 3 is 2.57 bits per heavy atom. The fourth-order valence-corrected chi connectivity index (χ4v) is 2.23. The van der Waals surface area contributed by atoms with Crippen LogP contribution < -0.4 is 11.1 Å². The number of unbranched alkanes of at least 4 members (excludes halogenated alkanes) is 1. The van der Waals surface area contributed by atoms with E-state index in [1.807, 2.05) is 0 Å². The molecular weight excluding hydrogens is 304 g/mol. The Kier molecular flexibility index (Phi) is 5.02. The number of carbonyl (C=O) groups excluding carboxylic acids is 3. The summed E-state index contributed by atoms with van der Waals surface area (Å²) in [5, 5.41) is 13.3. The molecule has 2 rings (SSSR count). The van der Waals surface area contributed by atoms with Gasteiger partial charge in [-0.05, 0) is 25.5 Å². The Morgan fingerprint density at radius 1 is 1.22 bits per heavy atom. The van der Waals surface area contributed by atoms with Gasteiger partial charge in [0.25, 0.3) is 17.5 Å². The highest BCUT2D eigenvalue weighted by Gasteiger charge is 2.37. The van der Waals surface area contributed by atoms with Crippen molar-refractivity contribution in [1.29, 1.82) is 0 Å². The zero-order chi connectivity index (χ0) is 17.0. The standard InChI is InChI=1S/C14H16N4O5/c15-5-1-2-6-16-12(19)8-17-13(20)10-4-3-9(18(22)23)7-11(10)14(17)21/h3-4,7H,1-2,5-6,8,15H2,(H,16,19). The quantitative estimate of drug-likeness (QED) is 0.315. The number of fused-ring (bicyclic) bond motifs is 1.